The first-order valence-electron chi connectivity index (χ1n) is 8.25. The van der Waals surface area contributed by atoms with Crippen LogP contribution < -0.4 is 5.32 Å². The molecule has 0 radical (unpaired) electrons. The van der Waals surface area contributed by atoms with Gasteiger partial charge in [0, 0.05) is 20.2 Å². The van der Waals surface area contributed by atoms with E-state index in [1.54, 1.807) is 19.6 Å². The topological polar surface area (TPSA) is 67.6 Å². The summed E-state index contributed by atoms with van der Waals surface area (Å²) in [6.45, 7) is 4.65. The molecule has 0 bridgehead atoms. The molecule has 1 fully saturated rings. The van der Waals surface area contributed by atoms with Crippen LogP contribution in [0.1, 0.15) is 22.5 Å². The van der Waals surface area contributed by atoms with E-state index in [1.807, 2.05) is 12.1 Å². The second-order valence-electron chi connectivity index (χ2n) is 5.99. The number of hydrogen-bond acceptors (Lipinski definition) is 6. The van der Waals surface area contributed by atoms with Gasteiger partial charge in [-0.2, -0.15) is 0 Å². The lowest BCUT2D eigenvalue weighted by Crippen LogP contribution is -2.39. The molecule has 0 aromatic carbocycles. The minimum absolute atomic E-state index is 0.0490. The van der Waals surface area contributed by atoms with Crippen molar-refractivity contribution >= 4 is 17.2 Å². The van der Waals surface area contributed by atoms with Gasteiger partial charge in [-0.15, -0.1) is 11.3 Å². The number of nitrogens with zero attached hydrogens (tertiary/aromatic N) is 2. The van der Waals surface area contributed by atoms with E-state index in [0.29, 0.717) is 16.6 Å². The third-order valence-corrected chi connectivity index (χ3v) is 5.34. The van der Waals surface area contributed by atoms with Crippen LogP contribution in [0.4, 0.5) is 0 Å². The Hall–Kier alpha value is -1.70. The van der Waals surface area contributed by atoms with E-state index >= 15 is 0 Å². The van der Waals surface area contributed by atoms with Gasteiger partial charge in [0.1, 0.15) is 4.88 Å². The third kappa shape index (κ3) is 4.43. The van der Waals surface area contributed by atoms with Crippen LogP contribution in [0.3, 0.4) is 0 Å². The minimum Gasteiger partial charge on any atom is -0.462 e. The van der Waals surface area contributed by atoms with Crippen molar-refractivity contribution in [3.63, 3.8) is 0 Å². The fraction of sp³-hybridized carbons (Fsp3) is 0.529. The monoisotopic (exact) mass is 349 g/mol. The SMILES string of the molecule is COCCN1CCC(CNC(=O)c2cnc(-c3ccco3)s2)CC1. The first-order chi connectivity index (χ1) is 11.8. The van der Waals surface area contributed by atoms with Crippen LogP contribution in [0.5, 0.6) is 0 Å². The summed E-state index contributed by atoms with van der Waals surface area (Å²) in [6.07, 6.45) is 5.45. The Morgan fingerprint density at radius 1 is 1.50 bits per heavy atom. The third-order valence-electron chi connectivity index (χ3n) is 4.33. The number of thiazole rings is 1. The van der Waals surface area contributed by atoms with Gasteiger partial charge in [-0.1, -0.05) is 0 Å². The largest absolute Gasteiger partial charge is 0.462 e. The minimum atomic E-state index is -0.0490. The summed E-state index contributed by atoms with van der Waals surface area (Å²) < 4.78 is 10.4. The second kappa shape index (κ2) is 8.41. The van der Waals surface area contributed by atoms with Crippen molar-refractivity contribution in [1.29, 1.82) is 0 Å². The van der Waals surface area contributed by atoms with Gasteiger partial charge in [0.15, 0.2) is 10.8 Å². The van der Waals surface area contributed by atoms with Crippen molar-refractivity contribution in [2.24, 2.45) is 5.92 Å². The Morgan fingerprint density at radius 2 is 2.33 bits per heavy atom. The van der Waals surface area contributed by atoms with Gasteiger partial charge in [-0.05, 0) is 44.0 Å². The number of furan rings is 1. The molecular weight excluding hydrogens is 326 g/mol. The number of likely N-dealkylation sites (tertiary alicyclic amines) is 1. The van der Waals surface area contributed by atoms with Crippen molar-refractivity contribution in [1.82, 2.24) is 15.2 Å². The van der Waals surface area contributed by atoms with E-state index in [1.165, 1.54) is 11.3 Å². The molecule has 7 heteroatoms. The lowest BCUT2D eigenvalue weighted by Gasteiger charge is -2.31. The van der Waals surface area contributed by atoms with Crippen molar-refractivity contribution in [2.75, 3.05) is 39.9 Å². The van der Waals surface area contributed by atoms with Crippen LogP contribution in [-0.4, -0.2) is 55.7 Å². The standard InChI is InChI=1S/C17H23N3O3S/c1-22-10-8-20-6-4-13(5-7-20)11-18-16(21)15-12-19-17(24-15)14-3-2-9-23-14/h2-3,9,12-13H,4-8,10-11H2,1H3,(H,18,21). The van der Waals surface area contributed by atoms with Gasteiger partial charge in [0.05, 0.1) is 19.1 Å². The van der Waals surface area contributed by atoms with Crippen LogP contribution in [0.2, 0.25) is 0 Å². The lowest BCUT2D eigenvalue weighted by molar-refractivity contribution is 0.0929. The van der Waals surface area contributed by atoms with E-state index in [-0.39, 0.29) is 5.91 Å². The number of ether oxygens (including phenoxy) is 1. The lowest BCUT2D eigenvalue weighted by atomic mass is 9.97. The number of methoxy groups -OCH3 is 1. The average Bonchev–Trinajstić information content (AvgIpc) is 3.29. The molecule has 1 N–H and O–H groups in total. The van der Waals surface area contributed by atoms with E-state index in [4.69, 9.17) is 9.15 Å². The van der Waals surface area contributed by atoms with E-state index < -0.39 is 0 Å². The van der Waals surface area contributed by atoms with Gasteiger partial charge in [-0.25, -0.2) is 4.98 Å². The molecule has 0 aliphatic carbocycles. The molecule has 1 aliphatic heterocycles. The predicted molar refractivity (Wildman–Crippen MR) is 93.2 cm³/mol. The van der Waals surface area contributed by atoms with Crippen molar-refractivity contribution in [3.05, 3.63) is 29.5 Å². The summed E-state index contributed by atoms with van der Waals surface area (Å²) in [5.41, 5.74) is 0. The molecule has 6 nitrogen and oxygen atoms in total. The molecule has 1 amide bonds. The van der Waals surface area contributed by atoms with Gasteiger partial charge in [0.2, 0.25) is 0 Å². The van der Waals surface area contributed by atoms with Gasteiger partial charge in [0.25, 0.3) is 5.91 Å². The molecule has 2 aromatic heterocycles. The van der Waals surface area contributed by atoms with Crippen LogP contribution in [-0.2, 0) is 4.74 Å². The summed E-state index contributed by atoms with van der Waals surface area (Å²) in [5.74, 6) is 1.19. The Labute approximate surface area is 145 Å². The first kappa shape index (κ1) is 17.1. The quantitative estimate of drug-likeness (QED) is 0.832. The van der Waals surface area contributed by atoms with Gasteiger partial charge in [-0.3, -0.25) is 4.79 Å². The summed E-state index contributed by atoms with van der Waals surface area (Å²) in [5, 5.41) is 3.78. The maximum absolute atomic E-state index is 12.3. The summed E-state index contributed by atoms with van der Waals surface area (Å²) in [7, 11) is 1.74. The van der Waals surface area contributed by atoms with E-state index in [0.717, 1.165) is 50.6 Å². The van der Waals surface area contributed by atoms with Gasteiger partial charge < -0.3 is 19.4 Å². The maximum atomic E-state index is 12.3. The molecule has 24 heavy (non-hydrogen) atoms. The number of carbonyl (C=O) groups excluding carboxylic acids is 1. The fourth-order valence-electron chi connectivity index (χ4n) is 2.85. The molecule has 2 aromatic rings. The number of carbonyl (C=O) groups is 1. The zero-order valence-electron chi connectivity index (χ0n) is 13.9. The Kier molecular flexibility index (Phi) is 6.01. The molecule has 3 heterocycles. The predicted octanol–water partition coefficient (Wildman–Crippen LogP) is 2.49. The van der Waals surface area contributed by atoms with E-state index in [2.05, 4.69) is 15.2 Å². The first-order valence-corrected chi connectivity index (χ1v) is 9.07. The smallest absolute Gasteiger partial charge is 0.263 e. The molecule has 0 spiro atoms. The molecular formula is C17H23N3O3S. The van der Waals surface area contributed by atoms with Crippen LogP contribution in [0, 0.1) is 5.92 Å². The maximum Gasteiger partial charge on any atom is 0.263 e. The number of piperidine rings is 1. The second-order valence-corrected chi connectivity index (χ2v) is 7.03. The molecule has 1 aliphatic rings. The fourth-order valence-corrected chi connectivity index (χ4v) is 3.65. The molecule has 0 unspecified atom stereocenters. The Bertz CT molecular complexity index is 633. The number of aromatic nitrogens is 1. The normalized spacial score (nSPS) is 16.4. The van der Waals surface area contributed by atoms with Crippen LogP contribution >= 0.6 is 11.3 Å². The average molecular weight is 349 g/mol. The zero-order chi connectivity index (χ0) is 16.8. The molecule has 3 rings (SSSR count). The number of hydrogen-bond donors (Lipinski definition) is 1. The number of rotatable bonds is 7. The Morgan fingerprint density at radius 3 is 3.04 bits per heavy atom. The highest BCUT2D eigenvalue weighted by Crippen LogP contribution is 2.25. The highest BCUT2D eigenvalue weighted by Gasteiger charge is 2.20. The molecule has 0 saturated carbocycles. The zero-order valence-corrected chi connectivity index (χ0v) is 14.7. The summed E-state index contributed by atoms with van der Waals surface area (Å²) in [4.78, 5) is 19.6. The number of amides is 1. The summed E-state index contributed by atoms with van der Waals surface area (Å²) >= 11 is 1.36. The highest BCUT2D eigenvalue weighted by molar-refractivity contribution is 7.16. The van der Waals surface area contributed by atoms with Crippen molar-refractivity contribution in [2.45, 2.75) is 12.8 Å². The van der Waals surface area contributed by atoms with Crippen molar-refractivity contribution in [3.8, 4) is 10.8 Å². The van der Waals surface area contributed by atoms with Gasteiger partial charge >= 0.3 is 0 Å². The molecule has 1 saturated heterocycles. The van der Waals surface area contributed by atoms with Crippen LogP contribution in [0.25, 0.3) is 10.8 Å². The highest BCUT2D eigenvalue weighted by atomic mass is 32.1. The van der Waals surface area contributed by atoms with Crippen LogP contribution in [0.15, 0.2) is 29.0 Å². The molecule has 0 atom stereocenters. The molecule has 130 valence electrons. The van der Waals surface area contributed by atoms with Crippen molar-refractivity contribution < 1.29 is 13.9 Å². The summed E-state index contributed by atoms with van der Waals surface area (Å²) in [6, 6.07) is 3.66. The number of nitrogens with one attached hydrogen (secondary N) is 1. The Balaban J connectivity index is 1.43. The van der Waals surface area contributed by atoms with E-state index in [9.17, 15) is 4.79 Å².